The second kappa shape index (κ2) is 3.70. The topological polar surface area (TPSA) is 20.3 Å². The largest absolute Gasteiger partial charge is 0.315 e. The van der Waals surface area contributed by atoms with Crippen LogP contribution in [0.2, 0.25) is 0 Å². The van der Waals surface area contributed by atoms with Crippen LogP contribution >= 0.6 is 11.3 Å². The third-order valence-corrected chi connectivity index (χ3v) is 4.24. The third kappa shape index (κ3) is 1.67. The molecule has 0 saturated heterocycles. The number of thiophene rings is 1. The molecular weight excluding hydrogens is 230 g/mol. The Morgan fingerprint density at radius 3 is 2.76 bits per heavy atom. The summed E-state index contributed by atoms with van der Waals surface area (Å²) in [5.74, 6) is 0.180. The van der Waals surface area contributed by atoms with Crippen LogP contribution in [0.15, 0.2) is 30.3 Å². The van der Waals surface area contributed by atoms with Crippen molar-refractivity contribution in [2.45, 2.75) is 13.3 Å². The summed E-state index contributed by atoms with van der Waals surface area (Å²) >= 11 is 1.78. The van der Waals surface area contributed by atoms with Crippen molar-refractivity contribution in [1.82, 2.24) is 0 Å². The fraction of sp³-hybridized carbons (Fsp3) is 0.214. The van der Waals surface area contributed by atoms with Crippen LogP contribution in [0.3, 0.4) is 0 Å². The average Bonchev–Trinajstić information content (AvgIpc) is 2.85. The number of aryl methyl sites for hydroxylation is 1. The lowest BCUT2D eigenvalue weighted by atomic mass is 10.1. The van der Waals surface area contributed by atoms with Gasteiger partial charge in [-0.15, -0.1) is 11.3 Å². The number of nitrogens with zero attached hydrogens (tertiary/aromatic N) is 1. The highest BCUT2D eigenvalue weighted by Crippen LogP contribution is 2.34. The van der Waals surface area contributed by atoms with Crippen LogP contribution in [0, 0.1) is 6.92 Å². The molecule has 0 aliphatic carbocycles. The normalized spacial score (nSPS) is 14.2. The minimum atomic E-state index is 0.180. The molecular formula is C14H13NOS. The molecule has 1 aromatic carbocycles. The van der Waals surface area contributed by atoms with E-state index < -0.39 is 0 Å². The smallest absolute Gasteiger partial charge is 0.231 e. The molecule has 0 N–H and O–H groups in total. The lowest BCUT2D eigenvalue weighted by molar-refractivity contribution is -0.117. The average molecular weight is 243 g/mol. The van der Waals surface area contributed by atoms with Crippen molar-refractivity contribution in [3.8, 4) is 10.4 Å². The number of hydrogen-bond acceptors (Lipinski definition) is 2. The molecule has 1 aliphatic rings. The van der Waals surface area contributed by atoms with Crippen LogP contribution in [0.4, 0.5) is 5.69 Å². The molecule has 2 nitrogen and oxygen atoms in total. The van der Waals surface area contributed by atoms with Gasteiger partial charge in [0.2, 0.25) is 5.91 Å². The van der Waals surface area contributed by atoms with Gasteiger partial charge in [0.1, 0.15) is 0 Å². The van der Waals surface area contributed by atoms with Crippen molar-refractivity contribution >= 4 is 22.9 Å². The predicted molar refractivity (Wildman–Crippen MR) is 71.6 cm³/mol. The molecule has 2 aromatic rings. The molecule has 0 radical (unpaired) electrons. The van der Waals surface area contributed by atoms with E-state index in [1.54, 1.807) is 16.2 Å². The van der Waals surface area contributed by atoms with Crippen LogP contribution in [0.1, 0.15) is 10.4 Å². The Kier molecular flexibility index (Phi) is 2.30. The molecule has 0 unspecified atom stereocenters. The van der Waals surface area contributed by atoms with E-state index in [-0.39, 0.29) is 5.91 Å². The summed E-state index contributed by atoms with van der Waals surface area (Å²) in [7, 11) is 1.84. The maximum Gasteiger partial charge on any atom is 0.231 e. The summed E-state index contributed by atoms with van der Waals surface area (Å²) in [4.78, 5) is 15.9. The number of fused-ring (bicyclic) bond motifs is 1. The van der Waals surface area contributed by atoms with Crippen LogP contribution in [-0.4, -0.2) is 13.0 Å². The lowest BCUT2D eigenvalue weighted by Gasteiger charge is -2.10. The molecule has 86 valence electrons. The van der Waals surface area contributed by atoms with E-state index in [1.165, 1.54) is 15.3 Å². The van der Waals surface area contributed by atoms with Crippen LogP contribution in [-0.2, 0) is 11.2 Å². The number of anilines is 1. The van der Waals surface area contributed by atoms with E-state index in [0.717, 1.165) is 11.3 Å². The highest BCUT2D eigenvalue weighted by molar-refractivity contribution is 7.15. The monoisotopic (exact) mass is 243 g/mol. The van der Waals surface area contributed by atoms with Gasteiger partial charge in [-0.2, -0.15) is 0 Å². The molecule has 17 heavy (non-hydrogen) atoms. The van der Waals surface area contributed by atoms with Gasteiger partial charge >= 0.3 is 0 Å². The molecule has 1 aromatic heterocycles. The first-order chi connectivity index (χ1) is 8.15. The fourth-order valence-electron chi connectivity index (χ4n) is 2.18. The molecule has 3 heteroatoms. The molecule has 0 atom stereocenters. The Hall–Kier alpha value is -1.61. The van der Waals surface area contributed by atoms with E-state index in [9.17, 15) is 4.79 Å². The summed E-state index contributed by atoms with van der Waals surface area (Å²) in [6.45, 7) is 2.11. The van der Waals surface area contributed by atoms with E-state index in [0.29, 0.717) is 6.42 Å². The van der Waals surface area contributed by atoms with Crippen molar-refractivity contribution in [3.05, 3.63) is 40.8 Å². The number of carbonyl (C=O) groups is 1. The van der Waals surface area contributed by atoms with Crippen molar-refractivity contribution in [1.29, 1.82) is 0 Å². The summed E-state index contributed by atoms with van der Waals surface area (Å²) in [6.07, 6.45) is 0.537. The molecule has 0 bridgehead atoms. The Labute approximate surface area is 105 Å². The van der Waals surface area contributed by atoms with Gasteiger partial charge in [-0.25, -0.2) is 0 Å². The van der Waals surface area contributed by atoms with Gasteiger partial charge < -0.3 is 4.90 Å². The van der Waals surface area contributed by atoms with Gasteiger partial charge in [0.25, 0.3) is 0 Å². The second-order valence-corrected chi connectivity index (χ2v) is 5.67. The molecule has 1 aliphatic heterocycles. The Morgan fingerprint density at radius 1 is 1.24 bits per heavy atom. The lowest BCUT2D eigenvalue weighted by Crippen LogP contribution is -2.20. The zero-order valence-corrected chi connectivity index (χ0v) is 10.7. The minimum absolute atomic E-state index is 0.180. The zero-order valence-electron chi connectivity index (χ0n) is 9.86. The quantitative estimate of drug-likeness (QED) is 0.753. The Balaban J connectivity index is 2.08. The third-order valence-electron chi connectivity index (χ3n) is 3.19. The molecule has 2 heterocycles. The maximum atomic E-state index is 11.6. The van der Waals surface area contributed by atoms with E-state index in [4.69, 9.17) is 0 Å². The fourth-order valence-corrected chi connectivity index (χ4v) is 3.05. The van der Waals surface area contributed by atoms with Crippen molar-refractivity contribution in [2.24, 2.45) is 0 Å². The van der Waals surface area contributed by atoms with Crippen LogP contribution in [0.5, 0.6) is 0 Å². The number of rotatable bonds is 1. The number of hydrogen-bond donors (Lipinski definition) is 0. The molecule has 3 rings (SSSR count). The van der Waals surface area contributed by atoms with Crippen LogP contribution < -0.4 is 4.90 Å². The highest BCUT2D eigenvalue weighted by atomic mass is 32.1. The Morgan fingerprint density at radius 2 is 2.06 bits per heavy atom. The zero-order chi connectivity index (χ0) is 12.0. The van der Waals surface area contributed by atoms with Crippen molar-refractivity contribution in [3.63, 3.8) is 0 Å². The van der Waals surface area contributed by atoms with Gasteiger partial charge in [0.05, 0.1) is 6.42 Å². The van der Waals surface area contributed by atoms with E-state index in [1.807, 2.05) is 7.05 Å². The molecule has 0 saturated carbocycles. The molecule has 1 amide bonds. The van der Waals surface area contributed by atoms with Gasteiger partial charge in [0, 0.05) is 22.5 Å². The first-order valence-corrected chi connectivity index (χ1v) is 6.43. The number of amides is 1. The molecule has 0 spiro atoms. The summed E-state index contributed by atoms with van der Waals surface area (Å²) in [5.41, 5.74) is 3.39. The van der Waals surface area contributed by atoms with Gasteiger partial charge in [0.15, 0.2) is 0 Å². The first kappa shape index (κ1) is 10.5. The molecule has 0 fully saturated rings. The maximum absolute atomic E-state index is 11.6. The van der Waals surface area contributed by atoms with Crippen LogP contribution in [0.25, 0.3) is 10.4 Å². The summed E-state index contributed by atoms with van der Waals surface area (Å²) < 4.78 is 0. The summed E-state index contributed by atoms with van der Waals surface area (Å²) in [6, 6.07) is 10.6. The second-order valence-electron chi connectivity index (χ2n) is 4.38. The number of benzene rings is 1. The number of likely N-dealkylation sites (N-methyl/N-ethyl adjacent to an activating group) is 1. The van der Waals surface area contributed by atoms with E-state index >= 15 is 0 Å². The van der Waals surface area contributed by atoms with E-state index in [2.05, 4.69) is 37.3 Å². The number of carbonyl (C=O) groups excluding carboxylic acids is 1. The van der Waals surface area contributed by atoms with Gasteiger partial charge in [-0.3, -0.25) is 4.79 Å². The standard InChI is InChI=1S/C14H13NOS/c1-9-3-6-13(17-9)11-5-4-10-8-14(16)15(2)12(10)7-11/h3-7H,8H2,1-2H3. The highest BCUT2D eigenvalue weighted by Gasteiger charge is 2.24. The van der Waals surface area contributed by atoms with Crippen molar-refractivity contribution < 1.29 is 4.79 Å². The predicted octanol–water partition coefficient (Wildman–Crippen LogP) is 3.24. The van der Waals surface area contributed by atoms with Gasteiger partial charge in [-0.05, 0) is 36.2 Å². The summed E-state index contributed by atoms with van der Waals surface area (Å²) in [5, 5.41) is 0. The SMILES string of the molecule is Cc1ccc(-c2ccc3c(c2)N(C)C(=O)C3)s1. The van der Waals surface area contributed by atoms with Crippen molar-refractivity contribution in [2.75, 3.05) is 11.9 Å². The Bertz CT molecular complexity index is 600. The first-order valence-electron chi connectivity index (χ1n) is 5.61. The van der Waals surface area contributed by atoms with Gasteiger partial charge in [-0.1, -0.05) is 12.1 Å². The minimum Gasteiger partial charge on any atom is -0.315 e.